The second kappa shape index (κ2) is 6.94. The predicted octanol–water partition coefficient (Wildman–Crippen LogP) is 3.67. The highest BCUT2D eigenvalue weighted by atomic mass is 79.9. The molecule has 0 atom stereocenters. The summed E-state index contributed by atoms with van der Waals surface area (Å²) in [6, 6.07) is 8.72. The number of aromatic nitrogens is 1. The molecule has 0 aliphatic heterocycles. The third-order valence-corrected chi connectivity index (χ3v) is 4.46. The van der Waals surface area contributed by atoms with Gasteiger partial charge in [-0.15, -0.1) is 0 Å². The van der Waals surface area contributed by atoms with Crippen LogP contribution in [0, 0.1) is 0 Å². The van der Waals surface area contributed by atoms with Gasteiger partial charge in [0.2, 0.25) is 0 Å². The van der Waals surface area contributed by atoms with Crippen LogP contribution in [0.4, 0.5) is 0 Å². The standard InChI is InChI=1S/C17H22BrN3O/c1-21(2)11-13-5-3-4-12(8-13)9-19-10-15-16(14-6-7-14)22-20-17(15)18/h3-5,8,14,19H,6-7,9-11H2,1-2H3. The van der Waals surface area contributed by atoms with Crippen molar-refractivity contribution in [2.24, 2.45) is 0 Å². The summed E-state index contributed by atoms with van der Waals surface area (Å²) in [7, 11) is 4.18. The van der Waals surface area contributed by atoms with Crippen LogP contribution in [0.5, 0.6) is 0 Å². The molecule has 0 saturated heterocycles. The molecule has 4 nitrogen and oxygen atoms in total. The highest BCUT2D eigenvalue weighted by molar-refractivity contribution is 9.10. The Balaban J connectivity index is 1.58. The summed E-state index contributed by atoms with van der Waals surface area (Å²) in [5, 5.41) is 7.55. The zero-order valence-electron chi connectivity index (χ0n) is 13.1. The van der Waals surface area contributed by atoms with E-state index in [-0.39, 0.29) is 0 Å². The smallest absolute Gasteiger partial charge is 0.153 e. The molecule has 1 N–H and O–H groups in total. The van der Waals surface area contributed by atoms with Crippen molar-refractivity contribution in [1.29, 1.82) is 0 Å². The number of hydrogen-bond acceptors (Lipinski definition) is 4. The van der Waals surface area contributed by atoms with Crippen molar-refractivity contribution in [3.8, 4) is 0 Å². The number of nitrogens with one attached hydrogen (secondary N) is 1. The predicted molar refractivity (Wildman–Crippen MR) is 90.6 cm³/mol. The number of halogens is 1. The van der Waals surface area contributed by atoms with Crippen molar-refractivity contribution in [1.82, 2.24) is 15.4 Å². The van der Waals surface area contributed by atoms with Crippen LogP contribution in [0.3, 0.4) is 0 Å². The summed E-state index contributed by atoms with van der Waals surface area (Å²) >= 11 is 3.49. The highest BCUT2D eigenvalue weighted by Crippen LogP contribution is 2.43. The van der Waals surface area contributed by atoms with Gasteiger partial charge in [0.15, 0.2) is 4.60 Å². The first kappa shape index (κ1) is 15.7. The van der Waals surface area contributed by atoms with Gasteiger partial charge in [-0.05, 0) is 54.0 Å². The summed E-state index contributed by atoms with van der Waals surface area (Å²) in [4.78, 5) is 2.18. The molecule has 5 heteroatoms. The van der Waals surface area contributed by atoms with Gasteiger partial charge in [0.1, 0.15) is 5.76 Å². The van der Waals surface area contributed by atoms with E-state index in [1.165, 1.54) is 29.5 Å². The lowest BCUT2D eigenvalue weighted by atomic mass is 10.1. The summed E-state index contributed by atoms with van der Waals surface area (Å²) in [6.07, 6.45) is 2.45. The first-order chi connectivity index (χ1) is 10.6. The maximum atomic E-state index is 5.44. The SMILES string of the molecule is CN(C)Cc1cccc(CNCc2c(Br)noc2C2CC2)c1. The first-order valence-corrected chi connectivity index (χ1v) is 8.50. The fourth-order valence-corrected chi connectivity index (χ4v) is 3.07. The van der Waals surface area contributed by atoms with E-state index in [9.17, 15) is 0 Å². The second-order valence-electron chi connectivity index (χ2n) is 6.25. The van der Waals surface area contributed by atoms with E-state index in [0.29, 0.717) is 5.92 Å². The van der Waals surface area contributed by atoms with E-state index in [2.05, 4.69) is 69.7 Å². The van der Waals surface area contributed by atoms with Crippen LogP contribution >= 0.6 is 15.9 Å². The summed E-state index contributed by atoms with van der Waals surface area (Å²) in [6.45, 7) is 2.60. The Morgan fingerprint density at radius 3 is 2.77 bits per heavy atom. The first-order valence-electron chi connectivity index (χ1n) is 7.70. The Morgan fingerprint density at radius 2 is 2.05 bits per heavy atom. The lowest BCUT2D eigenvalue weighted by Crippen LogP contribution is -2.14. The molecule has 1 aliphatic rings. The summed E-state index contributed by atoms with van der Waals surface area (Å²) in [5.41, 5.74) is 3.82. The monoisotopic (exact) mass is 363 g/mol. The van der Waals surface area contributed by atoms with Crippen molar-refractivity contribution in [3.05, 3.63) is 51.3 Å². The fourth-order valence-electron chi connectivity index (χ4n) is 2.66. The van der Waals surface area contributed by atoms with E-state index in [1.54, 1.807) is 0 Å². The Kier molecular flexibility index (Phi) is 4.96. The Labute approximate surface area is 140 Å². The van der Waals surface area contributed by atoms with Gasteiger partial charge < -0.3 is 14.7 Å². The van der Waals surface area contributed by atoms with E-state index in [0.717, 1.165) is 30.0 Å². The molecule has 1 aromatic heterocycles. The Hall–Kier alpha value is -1.17. The molecule has 1 heterocycles. The van der Waals surface area contributed by atoms with Gasteiger partial charge in [-0.3, -0.25) is 0 Å². The Bertz CT molecular complexity index is 635. The maximum Gasteiger partial charge on any atom is 0.153 e. The zero-order chi connectivity index (χ0) is 15.5. The van der Waals surface area contributed by atoms with Crippen molar-refractivity contribution in [3.63, 3.8) is 0 Å². The third kappa shape index (κ3) is 3.97. The molecule has 2 aromatic rings. The molecule has 1 fully saturated rings. The van der Waals surface area contributed by atoms with Gasteiger partial charge in [0.05, 0.1) is 0 Å². The van der Waals surface area contributed by atoms with Crippen LogP contribution in [-0.4, -0.2) is 24.2 Å². The Morgan fingerprint density at radius 1 is 1.27 bits per heavy atom. The van der Waals surface area contributed by atoms with Crippen LogP contribution < -0.4 is 5.32 Å². The summed E-state index contributed by atoms with van der Waals surface area (Å²) in [5.74, 6) is 1.64. The van der Waals surface area contributed by atoms with Gasteiger partial charge in [-0.2, -0.15) is 0 Å². The summed E-state index contributed by atoms with van der Waals surface area (Å²) < 4.78 is 6.28. The normalized spacial score (nSPS) is 14.7. The van der Waals surface area contributed by atoms with Crippen molar-refractivity contribution in [2.75, 3.05) is 14.1 Å². The van der Waals surface area contributed by atoms with Gasteiger partial charge in [0.25, 0.3) is 0 Å². The van der Waals surface area contributed by atoms with Gasteiger partial charge in [-0.1, -0.05) is 29.4 Å². The molecule has 1 aromatic carbocycles. The molecule has 0 unspecified atom stereocenters. The molecule has 118 valence electrons. The molecule has 1 saturated carbocycles. The van der Waals surface area contributed by atoms with Crippen LogP contribution in [0.1, 0.15) is 41.2 Å². The largest absolute Gasteiger partial charge is 0.360 e. The maximum absolute atomic E-state index is 5.44. The molecule has 1 aliphatic carbocycles. The number of nitrogens with zero attached hydrogens (tertiary/aromatic N) is 2. The van der Waals surface area contributed by atoms with Crippen LogP contribution in [0.25, 0.3) is 0 Å². The number of hydrogen-bond donors (Lipinski definition) is 1. The molecule has 0 bridgehead atoms. The lowest BCUT2D eigenvalue weighted by Gasteiger charge is -2.11. The quantitative estimate of drug-likeness (QED) is 0.814. The molecular weight excluding hydrogens is 342 g/mol. The molecule has 3 rings (SSSR count). The fraction of sp³-hybridized carbons (Fsp3) is 0.471. The van der Waals surface area contributed by atoms with E-state index < -0.39 is 0 Å². The minimum atomic E-state index is 0.582. The topological polar surface area (TPSA) is 41.3 Å². The van der Waals surface area contributed by atoms with Crippen LogP contribution in [0.2, 0.25) is 0 Å². The van der Waals surface area contributed by atoms with Gasteiger partial charge in [-0.25, -0.2) is 0 Å². The molecule has 0 radical (unpaired) electrons. The van der Waals surface area contributed by atoms with E-state index in [1.807, 2.05) is 0 Å². The van der Waals surface area contributed by atoms with Crippen molar-refractivity contribution < 1.29 is 4.52 Å². The van der Waals surface area contributed by atoms with Gasteiger partial charge in [0, 0.05) is 31.1 Å². The van der Waals surface area contributed by atoms with E-state index in [4.69, 9.17) is 4.52 Å². The second-order valence-corrected chi connectivity index (χ2v) is 7.00. The van der Waals surface area contributed by atoms with Crippen LogP contribution in [0.15, 0.2) is 33.4 Å². The highest BCUT2D eigenvalue weighted by Gasteiger charge is 2.31. The average Bonchev–Trinajstić information content (AvgIpc) is 3.24. The average molecular weight is 364 g/mol. The molecule has 22 heavy (non-hydrogen) atoms. The van der Waals surface area contributed by atoms with Gasteiger partial charge >= 0.3 is 0 Å². The number of rotatable bonds is 7. The zero-order valence-corrected chi connectivity index (χ0v) is 14.7. The van der Waals surface area contributed by atoms with Crippen molar-refractivity contribution in [2.45, 2.75) is 38.4 Å². The minimum Gasteiger partial charge on any atom is -0.360 e. The third-order valence-electron chi connectivity index (χ3n) is 3.84. The molecular formula is C17H22BrN3O. The molecule has 0 amide bonds. The van der Waals surface area contributed by atoms with E-state index >= 15 is 0 Å². The minimum absolute atomic E-state index is 0.582. The molecule has 0 spiro atoms. The lowest BCUT2D eigenvalue weighted by molar-refractivity contribution is 0.379. The van der Waals surface area contributed by atoms with Crippen LogP contribution in [-0.2, 0) is 19.6 Å². The number of benzene rings is 1. The van der Waals surface area contributed by atoms with Crippen molar-refractivity contribution >= 4 is 15.9 Å².